The molecule has 0 aliphatic rings. The Morgan fingerprint density at radius 2 is 2.04 bits per heavy atom. The molecule has 0 fully saturated rings. The molecule has 0 saturated heterocycles. The van der Waals surface area contributed by atoms with Crippen LogP contribution >= 0.6 is 0 Å². The van der Waals surface area contributed by atoms with Gasteiger partial charge in [-0.2, -0.15) is 5.10 Å². The van der Waals surface area contributed by atoms with Crippen molar-refractivity contribution in [2.45, 2.75) is 26.4 Å². The van der Waals surface area contributed by atoms with Gasteiger partial charge in [-0.1, -0.05) is 6.92 Å². The number of fused-ring (bicyclic) bond motifs is 1. The number of non-ortho nitro benzene ring substituents is 1. The van der Waals surface area contributed by atoms with E-state index in [1.54, 1.807) is 0 Å². The Balaban J connectivity index is 1.63. The van der Waals surface area contributed by atoms with Gasteiger partial charge < -0.3 is 9.15 Å². The van der Waals surface area contributed by atoms with Crippen LogP contribution in [0.2, 0.25) is 0 Å². The number of hydrazone groups is 1. The first-order chi connectivity index (χ1) is 13.5. The molecule has 1 aromatic heterocycles. The summed E-state index contributed by atoms with van der Waals surface area (Å²) in [5, 5.41) is 15.2. The van der Waals surface area contributed by atoms with Crippen LogP contribution in [0.25, 0.3) is 11.0 Å². The summed E-state index contributed by atoms with van der Waals surface area (Å²) in [7, 11) is 0. The summed E-state index contributed by atoms with van der Waals surface area (Å²) in [5.74, 6) is 0.240. The van der Waals surface area contributed by atoms with Gasteiger partial charge in [-0.15, -0.1) is 0 Å². The number of amides is 1. The molecule has 1 atom stereocenters. The average molecular weight is 381 g/mol. The summed E-state index contributed by atoms with van der Waals surface area (Å²) in [6, 6.07) is 12.9. The minimum Gasteiger partial charge on any atom is -0.491 e. The summed E-state index contributed by atoms with van der Waals surface area (Å²) in [5.41, 5.74) is 3.48. The van der Waals surface area contributed by atoms with Crippen LogP contribution in [-0.2, 0) is 0 Å². The molecule has 1 heterocycles. The Labute approximate surface area is 160 Å². The van der Waals surface area contributed by atoms with Gasteiger partial charge in [0.2, 0.25) is 0 Å². The second kappa shape index (κ2) is 8.34. The maximum absolute atomic E-state index is 12.2. The number of rotatable bonds is 7. The van der Waals surface area contributed by atoms with Gasteiger partial charge in [0.15, 0.2) is 5.76 Å². The minimum absolute atomic E-state index is 0.0185. The molecule has 0 bridgehead atoms. The molecule has 0 radical (unpaired) electrons. The van der Waals surface area contributed by atoms with E-state index in [1.807, 2.05) is 31.2 Å². The zero-order valence-electron chi connectivity index (χ0n) is 15.4. The van der Waals surface area contributed by atoms with E-state index in [9.17, 15) is 14.9 Å². The molecule has 0 unspecified atom stereocenters. The van der Waals surface area contributed by atoms with Crippen molar-refractivity contribution in [1.82, 2.24) is 5.43 Å². The Morgan fingerprint density at radius 3 is 2.71 bits per heavy atom. The fourth-order valence-corrected chi connectivity index (χ4v) is 2.42. The van der Waals surface area contributed by atoms with Crippen molar-refractivity contribution in [2.75, 3.05) is 0 Å². The lowest BCUT2D eigenvalue weighted by Gasteiger charge is -2.12. The van der Waals surface area contributed by atoms with Crippen molar-refractivity contribution in [3.05, 3.63) is 70.0 Å². The quantitative estimate of drug-likeness (QED) is 0.373. The number of carbonyl (C=O) groups is 1. The van der Waals surface area contributed by atoms with E-state index < -0.39 is 10.8 Å². The number of hydrogen-bond acceptors (Lipinski definition) is 6. The molecule has 2 aromatic carbocycles. The third-order valence-corrected chi connectivity index (χ3v) is 4.11. The third-order valence-electron chi connectivity index (χ3n) is 4.11. The molecule has 28 heavy (non-hydrogen) atoms. The maximum atomic E-state index is 12.2. The molecule has 3 rings (SSSR count). The molecule has 0 spiro atoms. The van der Waals surface area contributed by atoms with Gasteiger partial charge >= 0.3 is 5.91 Å². The number of hydrogen-bond donors (Lipinski definition) is 1. The monoisotopic (exact) mass is 381 g/mol. The van der Waals surface area contributed by atoms with Gasteiger partial charge in [0.1, 0.15) is 11.3 Å². The van der Waals surface area contributed by atoms with Gasteiger partial charge in [0, 0.05) is 17.5 Å². The Kier molecular flexibility index (Phi) is 5.69. The standard InChI is InChI=1S/C20H19N3O5/c1-3-13(2)27-17-7-4-14(5-8-17)12-21-22-20(24)19-11-15-10-16(23(25)26)6-9-18(15)28-19/h4-13H,3H2,1-2H3,(H,22,24)/b21-12-/t13-/m0/s1. The van der Waals surface area contributed by atoms with Gasteiger partial charge in [0.25, 0.3) is 5.69 Å². The van der Waals surface area contributed by atoms with Crippen LogP contribution in [0, 0.1) is 10.1 Å². The Bertz CT molecular complexity index is 1020. The van der Waals surface area contributed by atoms with Crippen molar-refractivity contribution in [3.8, 4) is 5.75 Å². The molecular weight excluding hydrogens is 362 g/mol. The Morgan fingerprint density at radius 1 is 1.29 bits per heavy atom. The summed E-state index contributed by atoms with van der Waals surface area (Å²) in [6.45, 7) is 4.05. The van der Waals surface area contributed by atoms with E-state index in [1.165, 1.54) is 30.5 Å². The molecule has 8 nitrogen and oxygen atoms in total. The van der Waals surface area contributed by atoms with Crippen LogP contribution in [0.15, 0.2) is 58.0 Å². The van der Waals surface area contributed by atoms with E-state index in [4.69, 9.17) is 9.15 Å². The SMILES string of the molecule is CC[C@H](C)Oc1ccc(/C=N\NC(=O)c2cc3cc([N+](=O)[O-])ccc3o2)cc1. The molecule has 1 amide bonds. The number of nitro groups is 1. The molecule has 0 aliphatic carbocycles. The van der Waals surface area contributed by atoms with Gasteiger partial charge in [-0.25, -0.2) is 5.43 Å². The van der Waals surface area contributed by atoms with Crippen molar-refractivity contribution in [1.29, 1.82) is 0 Å². The highest BCUT2D eigenvalue weighted by atomic mass is 16.6. The summed E-state index contributed by atoms with van der Waals surface area (Å²) in [6.07, 6.45) is 2.56. The van der Waals surface area contributed by atoms with E-state index >= 15 is 0 Å². The summed E-state index contributed by atoms with van der Waals surface area (Å²) in [4.78, 5) is 22.5. The number of nitrogens with zero attached hydrogens (tertiary/aromatic N) is 2. The second-order valence-corrected chi connectivity index (χ2v) is 6.19. The highest BCUT2D eigenvalue weighted by molar-refractivity contribution is 5.97. The van der Waals surface area contributed by atoms with Crippen LogP contribution in [0.1, 0.15) is 36.4 Å². The van der Waals surface area contributed by atoms with E-state index in [2.05, 4.69) is 17.5 Å². The average Bonchev–Trinajstić information content (AvgIpc) is 3.12. The van der Waals surface area contributed by atoms with Crippen molar-refractivity contribution in [3.63, 3.8) is 0 Å². The lowest BCUT2D eigenvalue weighted by atomic mass is 10.2. The largest absolute Gasteiger partial charge is 0.491 e. The highest BCUT2D eigenvalue weighted by Crippen LogP contribution is 2.24. The van der Waals surface area contributed by atoms with E-state index in [0.717, 1.165) is 17.7 Å². The number of nitro benzene ring substituents is 1. The van der Waals surface area contributed by atoms with Gasteiger partial charge in [0.05, 0.1) is 17.2 Å². The van der Waals surface area contributed by atoms with Gasteiger partial charge in [-0.3, -0.25) is 14.9 Å². The van der Waals surface area contributed by atoms with Gasteiger partial charge in [-0.05, 0) is 55.3 Å². The number of benzene rings is 2. The van der Waals surface area contributed by atoms with Crippen LogP contribution in [-0.4, -0.2) is 23.1 Å². The van der Waals surface area contributed by atoms with Crippen LogP contribution in [0.5, 0.6) is 5.75 Å². The minimum atomic E-state index is -0.549. The molecule has 144 valence electrons. The lowest BCUT2D eigenvalue weighted by molar-refractivity contribution is -0.384. The molecule has 8 heteroatoms. The predicted octanol–water partition coefficient (Wildman–Crippen LogP) is 4.28. The zero-order valence-corrected chi connectivity index (χ0v) is 15.4. The number of nitrogens with one attached hydrogen (secondary N) is 1. The number of furan rings is 1. The first kappa shape index (κ1) is 19.1. The fraction of sp³-hybridized carbons (Fsp3) is 0.200. The van der Waals surface area contributed by atoms with E-state index in [0.29, 0.717) is 11.0 Å². The first-order valence-electron chi connectivity index (χ1n) is 8.74. The van der Waals surface area contributed by atoms with Crippen molar-refractivity contribution >= 4 is 28.8 Å². The zero-order chi connectivity index (χ0) is 20.1. The van der Waals surface area contributed by atoms with Crippen LogP contribution < -0.4 is 10.2 Å². The molecule has 3 aromatic rings. The number of carbonyl (C=O) groups excluding carboxylic acids is 1. The first-order valence-corrected chi connectivity index (χ1v) is 8.74. The summed E-state index contributed by atoms with van der Waals surface area (Å²) < 4.78 is 11.1. The molecule has 0 saturated carbocycles. The number of ether oxygens (including phenoxy) is 1. The smallest absolute Gasteiger partial charge is 0.307 e. The molecule has 0 aliphatic heterocycles. The normalized spacial score (nSPS) is 12.2. The predicted molar refractivity (Wildman–Crippen MR) is 105 cm³/mol. The molecular formula is C20H19N3O5. The van der Waals surface area contributed by atoms with E-state index in [-0.39, 0.29) is 17.6 Å². The molecule has 1 N–H and O–H groups in total. The van der Waals surface area contributed by atoms with Crippen molar-refractivity contribution < 1.29 is 18.9 Å². The highest BCUT2D eigenvalue weighted by Gasteiger charge is 2.14. The van der Waals surface area contributed by atoms with Crippen LogP contribution in [0.3, 0.4) is 0 Å². The lowest BCUT2D eigenvalue weighted by Crippen LogP contribution is -2.16. The summed E-state index contributed by atoms with van der Waals surface area (Å²) >= 11 is 0. The fourth-order valence-electron chi connectivity index (χ4n) is 2.42. The second-order valence-electron chi connectivity index (χ2n) is 6.19. The Hall–Kier alpha value is -3.68. The third kappa shape index (κ3) is 4.53. The van der Waals surface area contributed by atoms with Crippen LogP contribution in [0.4, 0.5) is 5.69 Å². The topological polar surface area (TPSA) is 107 Å². The van der Waals surface area contributed by atoms with Crippen molar-refractivity contribution in [2.24, 2.45) is 5.10 Å². The maximum Gasteiger partial charge on any atom is 0.307 e.